The van der Waals surface area contributed by atoms with E-state index in [0.717, 1.165) is 37.2 Å². The van der Waals surface area contributed by atoms with Crippen molar-refractivity contribution in [2.75, 3.05) is 13.1 Å². The molecule has 1 N–H and O–H groups in total. The first kappa shape index (κ1) is 16.4. The van der Waals surface area contributed by atoms with Gasteiger partial charge in [0, 0.05) is 25.7 Å². The fraction of sp³-hybridized carbons (Fsp3) is 0.722. The van der Waals surface area contributed by atoms with Crippen LogP contribution in [0.4, 0.5) is 0 Å². The van der Waals surface area contributed by atoms with Gasteiger partial charge in [-0.2, -0.15) is 0 Å². The minimum absolute atomic E-state index is 0.657. The number of likely N-dealkylation sites (tertiary alicyclic amines) is 1. The lowest BCUT2D eigenvalue weighted by Gasteiger charge is -2.41. The third kappa shape index (κ3) is 4.79. The molecule has 3 unspecified atom stereocenters. The van der Waals surface area contributed by atoms with Crippen LogP contribution in [0, 0.1) is 11.8 Å². The van der Waals surface area contributed by atoms with Gasteiger partial charge in [-0.3, -0.25) is 9.88 Å². The van der Waals surface area contributed by atoms with E-state index in [1.54, 1.807) is 0 Å². The standard InChI is InChI=1S/C18H31N3/c1-5-9-19-11-17-7-6-8-18(20-17)13-21-12-14(2)10-15(3)16(21)4/h6-8,14-16,19H,5,9-13H2,1-4H3. The molecule has 0 aliphatic carbocycles. The molecule has 0 saturated carbocycles. The molecule has 0 bridgehead atoms. The van der Waals surface area contributed by atoms with E-state index in [1.807, 2.05) is 0 Å². The minimum atomic E-state index is 0.657. The number of rotatable bonds is 6. The molecule has 3 atom stereocenters. The minimum Gasteiger partial charge on any atom is -0.311 e. The summed E-state index contributed by atoms with van der Waals surface area (Å²) in [6.07, 6.45) is 2.52. The average Bonchev–Trinajstić information content (AvgIpc) is 2.45. The number of piperidine rings is 1. The maximum absolute atomic E-state index is 4.82. The zero-order valence-electron chi connectivity index (χ0n) is 14.1. The predicted octanol–water partition coefficient (Wildman–Crippen LogP) is 3.45. The highest BCUT2D eigenvalue weighted by Crippen LogP contribution is 2.27. The Morgan fingerprint density at radius 1 is 1.24 bits per heavy atom. The molecule has 1 aliphatic rings. The van der Waals surface area contributed by atoms with Gasteiger partial charge in [-0.1, -0.05) is 26.8 Å². The van der Waals surface area contributed by atoms with Crippen molar-refractivity contribution in [1.82, 2.24) is 15.2 Å². The van der Waals surface area contributed by atoms with Crippen molar-refractivity contribution in [3.63, 3.8) is 0 Å². The zero-order chi connectivity index (χ0) is 15.2. The molecule has 2 heterocycles. The van der Waals surface area contributed by atoms with E-state index in [0.29, 0.717) is 6.04 Å². The highest BCUT2D eigenvalue weighted by Gasteiger charge is 2.28. The van der Waals surface area contributed by atoms with Crippen LogP contribution in [-0.2, 0) is 13.1 Å². The van der Waals surface area contributed by atoms with E-state index in [1.165, 1.54) is 25.1 Å². The van der Waals surface area contributed by atoms with Gasteiger partial charge in [-0.05, 0) is 50.3 Å². The van der Waals surface area contributed by atoms with E-state index < -0.39 is 0 Å². The Balaban J connectivity index is 1.96. The van der Waals surface area contributed by atoms with Gasteiger partial charge in [0.15, 0.2) is 0 Å². The molecule has 1 saturated heterocycles. The first-order chi connectivity index (χ1) is 10.1. The highest BCUT2D eigenvalue weighted by atomic mass is 15.2. The second-order valence-electron chi connectivity index (χ2n) is 6.79. The van der Waals surface area contributed by atoms with Crippen molar-refractivity contribution in [3.05, 3.63) is 29.6 Å². The Kier molecular flexibility index (Phi) is 6.19. The third-order valence-electron chi connectivity index (χ3n) is 4.68. The van der Waals surface area contributed by atoms with Crippen LogP contribution in [-0.4, -0.2) is 29.0 Å². The van der Waals surface area contributed by atoms with Crippen molar-refractivity contribution in [1.29, 1.82) is 0 Å². The quantitative estimate of drug-likeness (QED) is 0.813. The predicted molar refractivity (Wildman–Crippen MR) is 89.1 cm³/mol. The first-order valence-corrected chi connectivity index (χ1v) is 8.49. The van der Waals surface area contributed by atoms with Crippen molar-refractivity contribution < 1.29 is 0 Å². The maximum atomic E-state index is 4.82. The summed E-state index contributed by atoms with van der Waals surface area (Å²) in [4.78, 5) is 7.42. The van der Waals surface area contributed by atoms with Crippen LogP contribution >= 0.6 is 0 Å². The van der Waals surface area contributed by atoms with Gasteiger partial charge in [-0.25, -0.2) is 0 Å². The third-order valence-corrected chi connectivity index (χ3v) is 4.68. The maximum Gasteiger partial charge on any atom is 0.0547 e. The van der Waals surface area contributed by atoms with E-state index in [9.17, 15) is 0 Å². The van der Waals surface area contributed by atoms with Gasteiger partial charge in [0.1, 0.15) is 0 Å². The lowest BCUT2D eigenvalue weighted by Crippen LogP contribution is -2.45. The zero-order valence-corrected chi connectivity index (χ0v) is 14.1. The molecule has 1 fully saturated rings. The summed E-state index contributed by atoms with van der Waals surface area (Å²) in [5.74, 6) is 1.58. The molecule has 3 nitrogen and oxygen atoms in total. The Bertz CT molecular complexity index is 432. The van der Waals surface area contributed by atoms with Crippen molar-refractivity contribution in [3.8, 4) is 0 Å². The van der Waals surface area contributed by atoms with Gasteiger partial charge in [0.05, 0.1) is 11.4 Å². The molecule has 0 amide bonds. The monoisotopic (exact) mass is 289 g/mol. The smallest absolute Gasteiger partial charge is 0.0547 e. The number of nitrogens with zero attached hydrogens (tertiary/aromatic N) is 2. The number of nitrogens with one attached hydrogen (secondary N) is 1. The second kappa shape index (κ2) is 7.90. The summed E-state index contributed by atoms with van der Waals surface area (Å²) in [5.41, 5.74) is 2.37. The Morgan fingerprint density at radius 3 is 2.76 bits per heavy atom. The van der Waals surface area contributed by atoms with Crippen LogP contribution in [0.2, 0.25) is 0 Å². The lowest BCUT2D eigenvalue weighted by molar-refractivity contribution is 0.0718. The Morgan fingerprint density at radius 2 is 2.00 bits per heavy atom. The molecule has 1 aliphatic heterocycles. The highest BCUT2D eigenvalue weighted by molar-refractivity contribution is 5.11. The van der Waals surface area contributed by atoms with E-state index in [-0.39, 0.29) is 0 Å². The summed E-state index contributed by atoms with van der Waals surface area (Å²) >= 11 is 0. The van der Waals surface area contributed by atoms with Gasteiger partial charge >= 0.3 is 0 Å². The Hall–Kier alpha value is -0.930. The largest absolute Gasteiger partial charge is 0.311 e. The van der Waals surface area contributed by atoms with Crippen LogP contribution in [0.15, 0.2) is 18.2 Å². The number of hydrogen-bond acceptors (Lipinski definition) is 3. The van der Waals surface area contributed by atoms with Crippen LogP contribution in [0.3, 0.4) is 0 Å². The number of aromatic nitrogens is 1. The summed E-state index contributed by atoms with van der Waals surface area (Å²) in [5, 5.41) is 3.43. The summed E-state index contributed by atoms with van der Waals surface area (Å²) in [7, 11) is 0. The molecule has 21 heavy (non-hydrogen) atoms. The molecule has 0 spiro atoms. The van der Waals surface area contributed by atoms with Gasteiger partial charge < -0.3 is 5.32 Å². The fourth-order valence-electron chi connectivity index (χ4n) is 3.36. The van der Waals surface area contributed by atoms with Crippen LogP contribution in [0.5, 0.6) is 0 Å². The summed E-state index contributed by atoms with van der Waals surface area (Å²) < 4.78 is 0. The van der Waals surface area contributed by atoms with Gasteiger partial charge in [0.25, 0.3) is 0 Å². The molecule has 1 aromatic heterocycles. The molecular weight excluding hydrogens is 258 g/mol. The van der Waals surface area contributed by atoms with E-state index in [2.05, 4.69) is 56.1 Å². The normalized spacial score (nSPS) is 27.0. The number of hydrogen-bond donors (Lipinski definition) is 1. The topological polar surface area (TPSA) is 28.2 Å². The molecule has 0 radical (unpaired) electrons. The first-order valence-electron chi connectivity index (χ1n) is 8.49. The van der Waals surface area contributed by atoms with Crippen molar-refractivity contribution >= 4 is 0 Å². The average molecular weight is 289 g/mol. The van der Waals surface area contributed by atoms with Gasteiger partial charge in [-0.15, -0.1) is 0 Å². The lowest BCUT2D eigenvalue weighted by atomic mass is 9.86. The number of pyridine rings is 1. The summed E-state index contributed by atoms with van der Waals surface area (Å²) in [6.45, 7) is 13.4. The van der Waals surface area contributed by atoms with Crippen LogP contribution in [0.25, 0.3) is 0 Å². The second-order valence-corrected chi connectivity index (χ2v) is 6.79. The summed E-state index contributed by atoms with van der Waals surface area (Å²) in [6, 6.07) is 7.09. The van der Waals surface area contributed by atoms with E-state index in [4.69, 9.17) is 4.98 Å². The molecule has 0 aromatic carbocycles. The van der Waals surface area contributed by atoms with Crippen LogP contribution in [0.1, 0.15) is 51.9 Å². The van der Waals surface area contributed by atoms with Crippen LogP contribution < -0.4 is 5.32 Å². The van der Waals surface area contributed by atoms with E-state index >= 15 is 0 Å². The SMILES string of the molecule is CCCNCc1cccc(CN2CC(C)CC(C)C2C)n1. The van der Waals surface area contributed by atoms with Gasteiger partial charge in [0.2, 0.25) is 0 Å². The molecule has 1 aromatic rings. The Labute approximate surface area is 130 Å². The molecule has 118 valence electrons. The van der Waals surface area contributed by atoms with Crippen molar-refractivity contribution in [2.45, 2.75) is 59.7 Å². The molecule has 2 rings (SSSR count). The fourth-order valence-corrected chi connectivity index (χ4v) is 3.36. The molecular formula is C18H31N3. The molecule has 3 heteroatoms. The van der Waals surface area contributed by atoms with Crippen molar-refractivity contribution in [2.24, 2.45) is 11.8 Å².